The number of fused-ring (bicyclic) bond motifs is 1. The second-order valence-electron chi connectivity index (χ2n) is 7.60. The summed E-state index contributed by atoms with van der Waals surface area (Å²) in [7, 11) is 0. The maximum Gasteiger partial charge on any atom is 0.233 e. The molecule has 0 aliphatic carbocycles. The first-order valence-corrected chi connectivity index (χ1v) is 11.5. The Balaban J connectivity index is 1.15. The number of hydrogen-bond donors (Lipinski definition) is 1. The van der Waals surface area contributed by atoms with Crippen molar-refractivity contribution in [1.29, 1.82) is 0 Å². The third kappa shape index (κ3) is 4.31. The Morgan fingerprint density at radius 3 is 2.53 bits per heavy atom. The number of piperazine rings is 1. The molecule has 0 bridgehead atoms. The van der Waals surface area contributed by atoms with E-state index < -0.39 is 0 Å². The number of nitrogens with one attached hydrogen (secondary N) is 1. The SMILES string of the molecule is O=C(CSc1ccc(-c2nc3ccccc3[nH]2)cn1)N1CCN(c2ccccc2F)CC1. The van der Waals surface area contributed by atoms with Gasteiger partial charge in [-0.05, 0) is 36.4 Å². The van der Waals surface area contributed by atoms with E-state index in [0.717, 1.165) is 27.4 Å². The Labute approximate surface area is 189 Å². The van der Waals surface area contributed by atoms with E-state index in [2.05, 4.69) is 15.0 Å². The van der Waals surface area contributed by atoms with E-state index >= 15 is 0 Å². The van der Waals surface area contributed by atoms with Crippen molar-refractivity contribution in [2.45, 2.75) is 5.03 Å². The Bertz CT molecular complexity index is 1200. The molecule has 0 atom stereocenters. The van der Waals surface area contributed by atoms with Crippen LogP contribution in [0, 0.1) is 5.82 Å². The Hall–Kier alpha value is -3.39. The monoisotopic (exact) mass is 447 g/mol. The van der Waals surface area contributed by atoms with E-state index in [1.165, 1.54) is 17.8 Å². The molecule has 1 saturated heterocycles. The normalized spacial score (nSPS) is 14.2. The summed E-state index contributed by atoms with van der Waals surface area (Å²) in [4.78, 5) is 28.8. The zero-order valence-electron chi connectivity index (χ0n) is 17.4. The number of rotatable bonds is 5. The Kier molecular flexibility index (Phi) is 5.77. The van der Waals surface area contributed by atoms with Gasteiger partial charge in [-0.2, -0.15) is 0 Å². The summed E-state index contributed by atoms with van der Waals surface area (Å²) in [6, 6.07) is 18.5. The number of hydrogen-bond acceptors (Lipinski definition) is 5. The molecule has 8 heteroatoms. The van der Waals surface area contributed by atoms with Gasteiger partial charge in [-0.25, -0.2) is 14.4 Å². The molecule has 0 unspecified atom stereocenters. The highest BCUT2D eigenvalue weighted by Gasteiger charge is 2.22. The van der Waals surface area contributed by atoms with Gasteiger partial charge in [0.25, 0.3) is 0 Å². The second-order valence-corrected chi connectivity index (χ2v) is 8.59. The highest BCUT2D eigenvalue weighted by molar-refractivity contribution is 7.99. The van der Waals surface area contributed by atoms with Crippen LogP contribution >= 0.6 is 11.8 Å². The van der Waals surface area contributed by atoms with Crippen LogP contribution < -0.4 is 4.90 Å². The molecule has 4 aromatic rings. The summed E-state index contributed by atoms with van der Waals surface area (Å²) in [6.07, 6.45) is 1.78. The van der Waals surface area contributed by atoms with Crippen LogP contribution in [0.15, 0.2) is 71.9 Å². The van der Waals surface area contributed by atoms with Crippen LogP contribution in [-0.2, 0) is 4.79 Å². The minimum atomic E-state index is -0.222. The molecule has 2 aromatic heterocycles. The number of aromatic nitrogens is 3. The molecule has 1 N–H and O–H groups in total. The number of benzene rings is 2. The lowest BCUT2D eigenvalue weighted by Crippen LogP contribution is -2.49. The third-order valence-corrected chi connectivity index (χ3v) is 6.50. The van der Waals surface area contributed by atoms with Crippen molar-refractivity contribution in [3.63, 3.8) is 0 Å². The molecule has 1 aliphatic rings. The minimum absolute atomic E-state index is 0.0753. The van der Waals surface area contributed by atoms with E-state index in [9.17, 15) is 9.18 Å². The molecule has 0 radical (unpaired) electrons. The third-order valence-electron chi connectivity index (χ3n) is 5.57. The fraction of sp³-hybridized carbons (Fsp3) is 0.208. The molecular weight excluding hydrogens is 425 g/mol. The molecule has 0 spiro atoms. The number of pyridine rings is 1. The number of amides is 1. The topological polar surface area (TPSA) is 65.1 Å². The smallest absolute Gasteiger partial charge is 0.233 e. The van der Waals surface area contributed by atoms with Gasteiger partial charge in [-0.1, -0.05) is 36.0 Å². The largest absolute Gasteiger partial charge is 0.366 e. The first-order valence-electron chi connectivity index (χ1n) is 10.5. The molecule has 162 valence electrons. The van der Waals surface area contributed by atoms with Gasteiger partial charge in [-0.15, -0.1) is 0 Å². The number of anilines is 1. The average Bonchev–Trinajstić information content (AvgIpc) is 3.28. The predicted molar refractivity (Wildman–Crippen MR) is 125 cm³/mol. The van der Waals surface area contributed by atoms with Crippen molar-refractivity contribution in [3.05, 3.63) is 72.7 Å². The van der Waals surface area contributed by atoms with Crippen LogP contribution in [0.1, 0.15) is 0 Å². The van der Waals surface area contributed by atoms with Crippen LogP contribution in [0.4, 0.5) is 10.1 Å². The van der Waals surface area contributed by atoms with Gasteiger partial charge in [-0.3, -0.25) is 4.79 Å². The number of halogens is 1. The summed E-state index contributed by atoms with van der Waals surface area (Å²) < 4.78 is 14.0. The molecule has 2 aromatic carbocycles. The molecule has 1 fully saturated rings. The van der Waals surface area contributed by atoms with E-state index in [1.54, 1.807) is 18.3 Å². The second kappa shape index (κ2) is 9.00. The van der Waals surface area contributed by atoms with E-state index in [0.29, 0.717) is 37.6 Å². The van der Waals surface area contributed by atoms with Crippen LogP contribution in [0.5, 0.6) is 0 Å². The number of nitrogens with zero attached hydrogens (tertiary/aromatic N) is 4. The molecule has 6 nitrogen and oxygen atoms in total. The lowest BCUT2D eigenvalue weighted by Gasteiger charge is -2.36. The molecule has 1 aliphatic heterocycles. The number of imidazole rings is 1. The minimum Gasteiger partial charge on any atom is -0.366 e. The average molecular weight is 448 g/mol. The standard InChI is InChI=1S/C24H22FN5OS/c25-18-5-1-4-8-21(18)29-11-13-30(14-12-29)23(31)16-32-22-10-9-17(15-26-22)24-27-19-6-2-3-7-20(19)28-24/h1-10,15H,11-14,16H2,(H,27,28). The molecular formula is C24H22FN5OS. The summed E-state index contributed by atoms with van der Waals surface area (Å²) in [5.41, 5.74) is 3.41. The fourth-order valence-corrected chi connectivity index (χ4v) is 4.57. The summed E-state index contributed by atoms with van der Waals surface area (Å²) in [5, 5.41) is 0.795. The lowest BCUT2D eigenvalue weighted by molar-refractivity contribution is -0.128. The van der Waals surface area contributed by atoms with Crippen molar-refractivity contribution in [1.82, 2.24) is 19.9 Å². The van der Waals surface area contributed by atoms with E-state index in [4.69, 9.17) is 0 Å². The molecule has 32 heavy (non-hydrogen) atoms. The van der Waals surface area contributed by atoms with E-state index in [1.807, 2.05) is 52.3 Å². The van der Waals surface area contributed by atoms with Crippen molar-refractivity contribution < 1.29 is 9.18 Å². The van der Waals surface area contributed by atoms with E-state index in [-0.39, 0.29) is 11.7 Å². The molecule has 1 amide bonds. The van der Waals surface area contributed by atoms with Crippen LogP contribution in [0.25, 0.3) is 22.4 Å². The maximum atomic E-state index is 14.0. The Morgan fingerprint density at radius 2 is 1.78 bits per heavy atom. The van der Waals surface area contributed by atoms with Gasteiger partial charge in [0.1, 0.15) is 11.6 Å². The number of carbonyl (C=O) groups excluding carboxylic acids is 1. The van der Waals surface area contributed by atoms with Crippen LogP contribution in [-0.4, -0.2) is 57.7 Å². The Morgan fingerprint density at radius 1 is 1.00 bits per heavy atom. The molecule has 3 heterocycles. The zero-order valence-corrected chi connectivity index (χ0v) is 18.2. The molecule has 5 rings (SSSR count). The van der Waals surface area contributed by atoms with Gasteiger partial charge in [0.15, 0.2) is 0 Å². The quantitative estimate of drug-likeness (QED) is 0.465. The maximum absolute atomic E-state index is 14.0. The van der Waals surface area contributed by atoms with Crippen molar-refractivity contribution >= 4 is 34.4 Å². The number of aromatic amines is 1. The van der Waals surface area contributed by atoms with Gasteiger partial charge >= 0.3 is 0 Å². The number of H-pyrrole nitrogens is 1. The lowest BCUT2D eigenvalue weighted by atomic mass is 10.2. The van der Waals surface area contributed by atoms with Crippen LogP contribution in [0.2, 0.25) is 0 Å². The fourth-order valence-electron chi connectivity index (χ4n) is 3.83. The van der Waals surface area contributed by atoms with Crippen molar-refractivity contribution in [2.24, 2.45) is 0 Å². The highest BCUT2D eigenvalue weighted by atomic mass is 32.2. The predicted octanol–water partition coefficient (Wildman–Crippen LogP) is 4.20. The molecule has 0 saturated carbocycles. The summed E-state index contributed by atoms with van der Waals surface area (Å²) in [6.45, 7) is 2.43. The number of carbonyl (C=O) groups is 1. The van der Waals surface area contributed by atoms with Crippen LogP contribution in [0.3, 0.4) is 0 Å². The van der Waals surface area contributed by atoms with Gasteiger partial charge in [0.05, 0.1) is 27.5 Å². The van der Waals surface area contributed by atoms with Gasteiger partial charge in [0, 0.05) is 37.9 Å². The zero-order chi connectivity index (χ0) is 21.9. The van der Waals surface area contributed by atoms with Crippen molar-refractivity contribution in [3.8, 4) is 11.4 Å². The van der Waals surface area contributed by atoms with Gasteiger partial charge in [0.2, 0.25) is 5.91 Å². The van der Waals surface area contributed by atoms with Gasteiger partial charge < -0.3 is 14.8 Å². The first kappa shape index (κ1) is 20.5. The summed E-state index contributed by atoms with van der Waals surface area (Å²) in [5.74, 6) is 0.960. The van der Waals surface area contributed by atoms with Crippen molar-refractivity contribution in [2.75, 3.05) is 36.8 Å². The highest BCUT2D eigenvalue weighted by Crippen LogP contribution is 2.24. The first-order chi connectivity index (χ1) is 15.7. The number of thioether (sulfide) groups is 1. The number of para-hydroxylation sites is 3. The summed E-state index contributed by atoms with van der Waals surface area (Å²) >= 11 is 1.42.